The van der Waals surface area contributed by atoms with E-state index in [9.17, 15) is 8.78 Å². The van der Waals surface area contributed by atoms with Gasteiger partial charge in [-0.2, -0.15) is 8.78 Å². The number of rotatable bonds is 5. The Hall–Kier alpha value is -1.56. The molecule has 0 amide bonds. The van der Waals surface area contributed by atoms with Crippen molar-refractivity contribution in [2.45, 2.75) is 24.1 Å². The molecule has 0 aliphatic carbocycles. The van der Waals surface area contributed by atoms with E-state index in [1.54, 1.807) is 24.5 Å². The molecule has 0 spiro atoms. The van der Waals surface area contributed by atoms with Crippen LogP contribution in [0.15, 0.2) is 35.5 Å². The molecule has 0 atom stereocenters. The normalized spacial score (nSPS) is 10.9. The molecule has 0 radical (unpaired) electrons. The number of aromatic nitrogens is 2. The van der Waals surface area contributed by atoms with Gasteiger partial charge < -0.3 is 10.3 Å². The molecule has 0 fully saturated rings. The first-order valence-electron chi connectivity index (χ1n) is 5.43. The minimum Gasteiger partial charge on any atom is -0.378 e. The summed E-state index contributed by atoms with van der Waals surface area (Å²) in [4.78, 5) is 7.67. The van der Waals surface area contributed by atoms with Gasteiger partial charge in [0.2, 0.25) is 0 Å². The van der Waals surface area contributed by atoms with Crippen LogP contribution in [0, 0.1) is 6.92 Å². The summed E-state index contributed by atoms with van der Waals surface area (Å²) < 4.78 is 24.8. The Kier molecular flexibility index (Phi) is 4.19. The quantitative estimate of drug-likeness (QED) is 0.814. The van der Waals surface area contributed by atoms with E-state index in [0.29, 0.717) is 28.9 Å². The van der Waals surface area contributed by atoms with Gasteiger partial charge in [-0.1, -0.05) is 23.9 Å². The maximum absolute atomic E-state index is 12.4. The maximum atomic E-state index is 12.4. The summed E-state index contributed by atoms with van der Waals surface area (Å²) in [6.45, 7) is 2.43. The molecule has 2 rings (SSSR count). The highest BCUT2D eigenvalue weighted by molar-refractivity contribution is 7.99. The number of halogens is 2. The zero-order chi connectivity index (χ0) is 13.0. The fourth-order valence-corrected chi connectivity index (χ4v) is 2.17. The molecular weight excluding hydrogens is 256 g/mol. The van der Waals surface area contributed by atoms with E-state index >= 15 is 0 Å². The SMILES string of the molecule is Cc1[nH]cnc1CNc1ccccc1SC(F)F. The fraction of sp³-hybridized carbons (Fsp3) is 0.250. The topological polar surface area (TPSA) is 40.7 Å². The van der Waals surface area contributed by atoms with E-state index in [2.05, 4.69) is 15.3 Å². The third-order valence-electron chi connectivity index (χ3n) is 2.48. The lowest BCUT2D eigenvalue weighted by Gasteiger charge is -2.10. The lowest BCUT2D eigenvalue weighted by molar-refractivity contribution is 0.252. The molecule has 1 aromatic carbocycles. The maximum Gasteiger partial charge on any atom is 0.288 e. The molecule has 2 aromatic rings. The van der Waals surface area contributed by atoms with Crippen LogP contribution < -0.4 is 5.32 Å². The van der Waals surface area contributed by atoms with Crippen molar-refractivity contribution >= 4 is 17.4 Å². The predicted octanol–water partition coefficient (Wildman–Crippen LogP) is 3.64. The third-order valence-corrected chi connectivity index (χ3v) is 3.27. The first-order valence-corrected chi connectivity index (χ1v) is 6.31. The smallest absolute Gasteiger partial charge is 0.288 e. The standard InChI is InChI=1S/C12H13F2N3S/c1-8-10(17-7-16-8)6-15-9-4-2-3-5-11(9)18-12(13)14/h2-5,7,12,15H,6H2,1H3,(H,16,17). The summed E-state index contributed by atoms with van der Waals surface area (Å²) in [6.07, 6.45) is 1.62. The molecule has 3 nitrogen and oxygen atoms in total. The number of para-hydroxylation sites is 1. The van der Waals surface area contributed by atoms with Gasteiger partial charge in [0.05, 0.1) is 18.6 Å². The van der Waals surface area contributed by atoms with Crippen molar-refractivity contribution in [1.82, 2.24) is 9.97 Å². The Morgan fingerprint density at radius 3 is 2.83 bits per heavy atom. The number of thioether (sulfide) groups is 1. The summed E-state index contributed by atoms with van der Waals surface area (Å²) in [7, 11) is 0. The molecule has 18 heavy (non-hydrogen) atoms. The second-order valence-electron chi connectivity index (χ2n) is 3.70. The molecule has 1 aromatic heterocycles. The van der Waals surface area contributed by atoms with Crippen molar-refractivity contribution in [2.75, 3.05) is 5.32 Å². The number of nitrogens with zero attached hydrogens (tertiary/aromatic N) is 1. The number of aromatic amines is 1. The summed E-state index contributed by atoms with van der Waals surface area (Å²) in [5.74, 6) is -2.42. The monoisotopic (exact) mass is 269 g/mol. The van der Waals surface area contributed by atoms with E-state index in [4.69, 9.17) is 0 Å². The van der Waals surface area contributed by atoms with Crippen LogP contribution in [0.3, 0.4) is 0 Å². The highest BCUT2D eigenvalue weighted by atomic mass is 32.2. The Bertz CT molecular complexity index is 514. The number of anilines is 1. The van der Waals surface area contributed by atoms with E-state index in [1.165, 1.54) is 0 Å². The molecule has 0 aliphatic heterocycles. The van der Waals surface area contributed by atoms with E-state index in [1.807, 2.05) is 13.0 Å². The average Bonchev–Trinajstić information content (AvgIpc) is 2.73. The van der Waals surface area contributed by atoms with E-state index in [0.717, 1.165) is 11.4 Å². The van der Waals surface area contributed by atoms with Crippen molar-refractivity contribution in [1.29, 1.82) is 0 Å². The molecule has 0 bridgehead atoms. The molecule has 96 valence electrons. The number of nitrogens with one attached hydrogen (secondary N) is 2. The van der Waals surface area contributed by atoms with Gasteiger partial charge in [-0.15, -0.1) is 0 Å². The van der Waals surface area contributed by atoms with Gasteiger partial charge in [0.25, 0.3) is 5.76 Å². The highest BCUT2D eigenvalue weighted by Crippen LogP contribution is 2.31. The Morgan fingerprint density at radius 1 is 1.39 bits per heavy atom. The highest BCUT2D eigenvalue weighted by Gasteiger charge is 2.09. The van der Waals surface area contributed by atoms with Crippen LogP contribution in [0.1, 0.15) is 11.4 Å². The number of hydrogen-bond donors (Lipinski definition) is 2. The van der Waals surface area contributed by atoms with Crippen molar-refractivity contribution < 1.29 is 8.78 Å². The van der Waals surface area contributed by atoms with Gasteiger partial charge in [0, 0.05) is 16.3 Å². The van der Waals surface area contributed by atoms with Gasteiger partial charge in [0.1, 0.15) is 0 Å². The molecule has 0 unspecified atom stereocenters. The van der Waals surface area contributed by atoms with Crippen molar-refractivity contribution in [2.24, 2.45) is 0 Å². The Balaban J connectivity index is 2.07. The van der Waals surface area contributed by atoms with E-state index < -0.39 is 5.76 Å². The van der Waals surface area contributed by atoms with Crippen molar-refractivity contribution in [3.63, 3.8) is 0 Å². The van der Waals surface area contributed by atoms with Crippen molar-refractivity contribution in [3.05, 3.63) is 42.0 Å². The molecule has 2 N–H and O–H groups in total. The molecule has 6 heteroatoms. The minimum absolute atomic E-state index is 0.510. The number of hydrogen-bond acceptors (Lipinski definition) is 3. The van der Waals surface area contributed by atoms with Crippen LogP contribution in [0.2, 0.25) is 0 Å². The van der Waals surface area contributed by atoms with Crippen LogP contribution in [-0.4, -0.2) is 15.7 Å². The largest absolute Gasteiger partial charge is 0.378 e. The average molecular weight is 269 g/mol. The van der Waals surface area contributed by atoms with Crippen LogP contribution in [0.5, 0.6) is 0 Å². The first-order chi connectivity index (χ1) is 8.66. The Morgan fingerprint density at radius 2 is 2.17 bits per heavy atom. The van der Waals surface area contributed by atoms with Crippen LogP contribution in [0.25, 0.3) is 0 Å². The second kappa shape index (κ2) is 5.86. The number of imidazole rings is 1. The first kappa shape index (κ1) is 12.9. The zero-order valence-electron chi connectivity index (χ0n) is 9.78. The number of alkyl halides is 2. The zero-order valence-corrected chi connectivity index (χ0v) is 10.6. The third kappa shape index (κ3) is 3.22. The fourth-order valence-electron chi connectivity index (χ4n) is 1.56. The van der Waals surface area contributed by atoms with Gasteiger partial charge in [-0.3, -0.25) is 0 Å². The van der Waals surface area contributed by atoms with Crippen LogP contribution in [0.4, 0.5) is 14.5 Å². The van der Waals surface area contributed by atoms with Crippen LogP contribution in [-0.2, 0) is 6.54 Å². The minimum atomic E-state index is -2.42. The lowest BCUT2D eigenvalue weighted by atomic mass is 10.3. The molecule has 0 aliphatic rings. The molecule has 0 saturated heterocycles. The van der Waals surface area contributed by atoms with Gasteiger partial charge in [-0.25, -0.2) is 4.98 Å². The second-order valence-corrected chi connectivity index (χ2v) is 4.73. The molecular formula is C12H13F2N3S. The molecule has 1 heterocycles. The number of benzene rings is 1. The Labute approximate surface area is 108 Å². The lowest BCUT2D eigenvalue weighted by Crippen LogP contribution is -2.02. The van der Waals surface area contributed by atoms with Gasteiger partial charge in [0.15, 0.2) is 0 Å². The van der Waals surface area contributed by atoms with E-state index in [-0.39, 0.29) is 0 Å². The summed E-state index contributed by atoms with van der Waals surface area (Å²) in [5, 5.41) is 3.13. The molecule has 0 saturated carbocycles. The van der Waals surface area contributed by atoms with Crippen molar-refractivity contribution in [3.8, 4) is 0 Å². The number of aryl methyl sites for hydroxylation is 1. The predicted molar refractivity (Wildman–Crippen MR) is 69.0 cm³/mol. The van der Waals surface area contributed by atoms with Gasteiger partial charge in [-0.05, 0) is 19.1 Å². The summed E-state index contributed by atoms with van der Waals surface area (Å²) in [6, 6.07) is 7.02. The summed E-state index contributed by atoms with van der Waals surface area (Å²) in [5.41, 5.74) is 2.55. The summed E-state index contributed by atoms with van der Waals surface area (Å²) >= 11 is 0.542. The van der Waals surface area contributed by atoms with Gasteiger partial charge >= 0.3 is 0 Å². The van der Waals surface area contributed by atoms with Crippen LogP contribution >= 0.6 is 11.8 Å². The number of H-pyrrole nitrogens is 1.